The van der Waals surface area contributed by atoms with Gasteiger partial charge in [-0.1, -0.05) is 18.2 Å². The fourth-order valence-corrected chi connectivity index (χ4v) is 3.52. The Morgan fingerprint density at radius 1 is 1.00 bits per heavy atom. The van der Waals surface area contributed by atoms with Crippen molar-refractivity contribution in [2.45, 2.75) is 33.6 Å². The molecule has 0 bridgehead atoms. The van der Waals surface area contributed by atoms with Gasteiger partial charge in [0, 0.05) is 33.3 Å². The van der Waals surface area contributed by atoms with Gasteiger partial charge in [0.2, 0.25) is 0 Å². The lowest BCUT2D eigenvalue weighted by Gasteiger charge is -2.13. The van der Waals surface area contributed by atoms with Gasteiger partial charge < -0.3 is 14.0 Å². The van der Waals surface area contributed by atoms with Crippen LogP contribution in [0.2, 0.25) is 0 Å². The number of benzene rings is 1. The summed E-state index contributed by atoms with van der Waals surface area (Å²) in [6, 6.07) is 7.79. The van der Waals surface area contributed by atoms with Gasteiger partial charge in [-0.2, -0.15) is 0 Å². The van der Waals surface area contributed by atoms with Gasteiger partial charge in [0.1, 0.15) is 17.9 Å². The van der Waals surface area contributed by atoms with Gasteiger partial charge in [-0.05, 0) is 25.5 Å². The molecular weight excluding hydrogens is 346 g/mol. The minimum absolute atomic E-state index is 0.281. The number of hydrogen-bond acceptors (Lipinski definition) is 4. The molecule has 0 saturated heterocycles. The standard InChI is InChI=1S/C20H25N3O4/c1-6-23-15(12-27-16-10-8-7-9-13(16)2)14(11-26-5)17-18(23)19(24)22(4)20(25)21(17)3/h7-10H,6,11-12H2,1-5H3. The zero-order valence-electron chi connectivity index (χ0n) is 16.4. The number of aryl methyl sites for hydroxylation is 3. The predicted octanol–water partition coefficient (Wildman–Crippen LogP) is 2.09. The van der Waals surface area contributed by atoms with E-state index in [9.17, 15) is 9.59 Å². The maximum absolute atomic E-state index is 12.8. The van der Waals surface area contributed by atoms with Crippen LogP contribution in [-0.2, 0) is 38.6 Å². The average Bonchev–Trinajstić information content (AvgIpc) is 2.97. The zero-order valence-corrected chi connectivity index (χ0v) is 16.4. The number of methoxy groups -OCH3 is 1. The summed E-state index contributed by atoms with van der Waals surface area (Å²) in [5.41, 5.74) is 3.12. The topological polar surface area (TPSA) is 67.4 Å². The van der Waals surface area contributed by atoms with Crippen molar-refractivity contribution in [3.05, 3.63) is 61.9 Å². The van der Waals surface area contributed by atoms with Crippen LogP contribution in [0.25, 0.3) is 11.0 Å². The van der Waals surface area contributed by atoms with Crippen molar-refractivity contribution in [1.82, 2.24) is 13.7 Å². The average molecular weight is 371 g/mol. The Labute approximate surface area is 157 Å². The number of ether oxygens (including phenoxy) is 2. The molecule has 2 heterocycles. The molecular formula is C20H25N3O4. The second kappa shape index (κ2) is 7.44. The molecule has 0 saturated carbocycles. The van der Waals surface area contributed by atoms with Crippen molar-refractivity contribution in [2.24, 2.45) is 14.1 Å². The van der Waals surface area contributed by atoms with E-state index in [0.717, 1.165) is 27.1 Å². The molecule has 0 aliphatic rings. The third kappa shape index (κ3) is 3.08. The van der Waals surface area contributed by atoms with Crippen molar-refractivity contribution in [1.29, 1.82) is 0 Å². The van der Waals surface area contributed by atoms with Crippen LogP contribution in [0.5, 0.6) is 5.75 Å². The Hall–Kier alpha value is -2.80. The van der Waals surface area contributed by atoms with Crippen LogP contribution in [0.15, 0.2) is 33.9 Å². The summed E-state index contributed by atoms with van der Waals surface area (Å²) in [6.45, 7) is 5.11. The lowest BCUT2D eigenvalue weighted by atomic mass is 10.2. The van der Waals surface area contributed by atoms with Crippen LogP contribution in [-0.4, -0.2) is 20.8 Å². The summed E-state index contributed by atoms with van der Waals surface area (Å²) >= 11 is 0. The number of fused-ring (bicyclic) bond motifs is 1. The molecule has 144 valence electrons. The van der Waals surface area contributed by atoms with Gasteiger partial charge in [-0.3, -0.25) is 13.9 Å². The molecule has 0 N–H and O–H groups in total. The lowest BCUT2D eigenvalue weighted by Crippen LogP contribution is -2.37. The number of hydrogen-bond donors (Lipinski definition) is 0. The van der Waals surface area contributed by atoms with E-state index in [2.05, 4.69) is 0 Å². The molecule has 0 unspecified atom stereocenters. The first kappa shape index (κ1) is 19.0. The molecule has 0 aliphatic heterocycles. The molecule has 0 fully saturated rings. The Balaban J connectivity index is 2.25. The molecule has 0 spiro atoms. The molecule has 0 aliphatic carbocycles. The summed E-state index contributed by atoms with van der Waals surface area (Å²) in [7, 11) is 4.77. The van der Waals surface area contributed by atoms with Crippen LogP contribution in [0.3, 0.4) is 0 Å². The predicted molar refractivity (Wildman–Crippen MR) is 104 cm³/mol. The Bertz CT molecular complexity index is 1110. The maximum Gasteiger partial charge on any atom is 0.331 e. The molecule has 1 aromatic carbocycles. The van der Waals surface area contributed by atoms with E-state index < -0.39 is 0 Å². The highest BCUT2D eigenvalue weighted by Gasteiger charge is 2.23. The zero-order chi connectivity index (χ0) is 19.7. The van der Waals surface area contributed by atoms with Crippen LogP contribution in [0.1, 0.15) is 23.7 Å². The van der Waals surface area contributed by atoms with Crippen LogP contribution < -0.4 is 16.0 Å². The molecule has 3 rings (SSSR count). The van der Waals surface area contributed by atoms with Gasteiger partial charge in [0.15, 0.2) is 0 Å². The summed E-state index contributed by atoms with van der Waals surface area (Å²) in [5.74, 6) is 0.788. The van der Waals surface area contributed by atoms with Crippen LogP contribution >= 0.6 is 0 Å². The monoisotopic (exact) mass is 371 g/mol. The molecule has 3 aromatic rings. The second-order valence-corrected chi connectivity index (χ2v) is 6.56. The van der Waals surface area contributed by atoms with E-state index in [-0.39, 0.29) is 24.5 Å². The number of rotatable bonds is 6. The summed E-state index contributed by atoms with van der Waals surface area (Å²) in [5, 5.41) is 0. The summed E-state index contributed by atoms with van der Waals surface area (Å²) < 4.78 is 16.0. The van der Waals surface area contributed by atoms with E-state index in [1.165, 1.54) is 11.6 Å². The van der Waals surface area contributed by atoms with Gasteiger partial charge in [0.05, 0.1) is 17.8 Å². The Morgan fingerprint density at radius 2 is 1.70 bits per heavy atom. The molecule has 0 amide bonds. The molecule has 27 heavy (non-hydrogen) atoms. The van der Waals surface area contributed by atoms with Crippen molar-refractivity contribution < 1.29 is 9.47 Å². The molecule has 7 nitrogen and oxygen atoms in total. The molecule has 0 atom stereocenters. The smallest absolute Gasteiger partial charge is 0.331 e. The first-order valence-electron chi connectivity index (χ1n) is 8.89. The van der Waals surface area contributed by atoms with Crippen LogP contribution in [0.4, 0.5) is 0 Å². The number of para-hydroxylation sites is 1. The van der Waals surface area contributed by atoms with Gasteiger partial charge in [0.25, 0.3) is 5.56 Å². The highest BCUT2D eigenvalue weighted by atomic mass is 16.5. The van der Waals surface area contributed by atoms with Gasteiger partial charge >= 0.3 is 5.69 Å². The van der Waals surface area contributed by atoms with E-state index in [1.54, 1.807) is 14.2 Å². The van der Waals surface area contributed by atoms with E-state index in [0.29, 0.717) is 17.6 Å². The van der Waals surface area contributed by atoms with E-state index in [1.807, 2.05) is 42.7 Å². The lowest BCUT2D eigenvalue weighted by molar-refractivity contribution is 0.182. The number of aromatic nitrogens is 3. The third-order valence-electron chi connectivity index (χ3n) is 4.93. The van der Waals surface area contributed by atoms with Crippen molar-refractivity contribution in [2.75, 3.05) is 7.11 Å². The summed E-state index contributed by atoms with van der Waals surface area (Å²) in [4.78, 5) is 25.3. The fourth-order valence-electron chi connectivity index (χ4n) is 3.52. The first-order chi connectivity index (χ1) is 12.9. The van der Waals surface area contributed by atoms with E-state index >= 15 is 0 Å². The van der Waals surface area contributed by atoms with Gasteiger partial charge in [-0.15, -0.1) is 0 Å². The SMILES string of the molecule is CCn1c(COc2ccccc2C)c(COC)c2c1c(=O)n(C)c(=O)n2C. The van der Waals surface area contributed by atoms with E-state index in [4.69, 9.17) is 9.47 Å². The minimum Gasteiger partial charge on any atom is -0.487 e. The first-order valence-corrected chi connectivity index (χ1v) is 8.89. The Morgan fingerprint density at radius 3 is 2.33 bits per heavy atom. The highest BCUT2D eigenvalue weighted by molar-refractivity contribution is 5.81. The van der Waals surface area contributed by atoms with Crippen molar-refractivity contribution in [3.8, 4) is 5.75 Å². The Kier molecular flexibility index (Phi) is 5.23. The van der Waals surface area contributed by atoms with Crippen molar-refractivity contribution in [3.63, 3.8) is 0 Å². The van der Waals surface area contributed by atoms with Crippen molar-refractivity contribution >= 4 is 11.0 Å². The quantitative estimate of drug-likeness (QED) is 0.665. The third-order valence-corrected chi connectivity index (χ3v) is 4.93. The highest BCUT2D eigenvalue weighted by Crippen LogP contribution is 2.26. The normalized spacial score (nSPS) is 11.3. The number of nitrogens with zero attached hydrogens (tertiary/aromatic N) is 3. The molecule has 0 radical (unpaired) electrons. The molecule has 7 heteroatoms. The largest absolute Gasteiger partial charge is 0.487 e. The maximum atomic E-state index is 12.8. The minimum atomic E-state index is -0.357. The fraction of sp³-hybridized carbons (Fsp3) is 0.400. The van der Waals surface area contributed by atoms with Gasteiger partial charge in [-0.25, -0.2) is 4.79 Å². The second-order valence-electron chi connectivity index (χ2n) is 6.56. The molecule has 2 aromatic heterocycles. The van der Waals surface area contributed by atoms with Crippen LogP contribution in [0, 0.1) is 6.92 Å². The summed E-state index contributed by atoms with van der Waals surface area (Å²) in [6.07, 6.45) is 0.